The van der Waals surface area contributed by atoms with Crippen molar-refractivity contribution in [1.82, 2.24) is 9.88 Å². The summed E-state index contributed by atoms with van der Waals surface area (Å²) >= 11 is 0. The first kappa shape index (κ1) is 14.8. The van der Waals surface area contributed by atoms with Gasteiger partial charge in [-0.05, 0) is 24.6 Å². The van der Waals surface area contributed by atoms with Crippen LogP contribution in [0.4, 0.5) is 0 Å². The van der Waals surface area contributed by atoms with Crippen LogP contribution in [-0.4, -0.2) is 28.1 Å². The fraction of sp³-hybridized carbons (Fsp3) is 0.250. The molecule has 1 aromatic heterocycles. The van der Waals surface area contributed by atoms with Gasteiger partial charge in [-0.25, -0.2) is 0 Å². The number of carboxylic acids is 1. The Labute approximate surface area is 123 Å². The van der Waals surface area contributed by atoms with E-state index in [2.05, 4.69) is 5.32 Å². The van der Waals surface area contributed by atoms with Crippen molar-refractivity contribution in [3.8, 4) is 0 Å². The van der Waals surface area contributed by atoms with Gasteiger partial charge in [-0.1, -0.05) is 30.3 Å². The van der Waals surface area contributed by atoms with Gasteiger partial charge in [0.05, 0.1) is 0 Å². The molecular weight excluding hydrogens is 268 g/mol. The van der Waals surface area contributed by atoms with Crippen LogP contribution >= 0.6 is 0 Å². The van der Waals surface area contributed by atoms with Crippen LogP contribution in [-0.2, 0) is 17.3 Å². The number of hydrogen-bond donors (Lipinski definition) is 2. The molecule has 0 aliphatic carbocycles. The van der Waals surface area contributed by atoms with Crippen molar-refractivity contribution in [2.75, 3.05) is 6.54 Å². The smallest absolute Gasteiger partial charge is 0.315 e. The van der Waals surface area contributed by atoms with Crippen molar-refractivity contribution < 1.29 is 14.7 Å². The highest BCUT2D eigenvalue weighted by atomic mass is 16.4. The van der Waals surface area contributed by atoms with Gasteiger partial charge in [0.2, 0.25) is 0 Å². The maximum atomic E-state index is 12.1. The third kappa shape index (κ3) is 2.97. The van der Waals surface area contributed by atoms with Gasteiger partial charge in [-0.15, -0.1) is 0 Å². The molecule has 1 unspecified atom stereocenters. The monoisotopic (exact) mass is 286 g/mol. The number of amides is 1. The number of nitrogens with zero attached hydrogens (tertiary/aromatic N) is 1. The second kappa shape index (κ2) is 5.83. The molecule has 0 spiro atoms. The topological polar surface area (TPSA) is 71.3 Å². The van der Waals surface area contributed by atoms with E-state index in [0.717, 1.165) is 0 Å². The van der Waals surface area contributed by atoms with Crippen molar-refractivity contribution in [2.24, 2.45) is 7.05 Å². The van der Waals surface area contributed by atoms with Crippen LogP contribution in [0.3, 0.4) is 0 Å². The Bertz CT molecular complexity index is 649. The summed E-state index contributed by atoms with van der Waals surface area (Å²) in [5.74, 6) is -1.26. The molecule has 5 nitrogen and oxygen atoms in total. The molecule has 2 rings (SSSR count). The number of rotatable bonds is 5. The van der Waals surface area contributed by atoms with Crippen LogP contribution in [0.25, 0.3) is 0 Å². The van der Waals surface area contributed by atoms with Gasteiger partial charge >= 0.3 is 5.97 Å². The molecule has 2 aromatic rings. The third-order valence-corrected chi connectivity index (χ3v) is 3.66. The van der Waals surface area contributed by atoms with E-state index in [1.807, 2.05) is 6.07 Å². The van der Waals surface area contributed by atoms with Gasteiger partial charge in [0.1, 0.15) is 11.1 Å². The Hall–Kier alpha value is -2.56. The van der Waals surface area contributed by atoms with Gasteiger partial charge in [0.25, 0.3) is 5.91 Å². The molecule has 21 heavy (non-hydrogen) atoms. The van der Waals surface area contributed by atoms with E-state index < -0.39 is 11.4 Å². The average molecular weight is 286 g/mol. The molecular formula is C16H18N2O3. The van der Waals surface area contributed by atoms with Gasteiger partial charge in [0.15, 0.2) is 0 Å². The normalized spacial score (nSPS) is 13.4. The zero-order valence-electron chi connectivity index (χ0n) is 12.0. The predicted molar refractivity (Wildman–Crippen MR) is 79.2 cm³/mol. The molecule has 0 radical (unpaired) electrons. The second-order valence-electron chi connectivity index (χ2n) is 5.19. The molecule has 2 N–H and O–H groups in total. The minimum Gasteiger partial charge on any atom is -0.481 e. The lowest BCUT2D eigenvalue weighted by molar-refractivity contribution is -0.142. The lowest BCUT2D eigenvalue weighted by atomic mass is 9.82. The highest BCUT2D eigenvalue weighted by Crippen LogP contribution is 2.23. The fourth-order valence-electron chi connectivity index (χ4n) is 2.15. The van der Waals surface area contributed by atoms with Crippen LogP contribution in [0.1, 0.15) is 23.0 Å². The maximum Gasteiger partial charge on any atom is 0.315 e. The van der Waals surface area contributed by atoms with Crippen molar-refractivity contribution >= 4 is 11.9 Å². The molecule has 1 aromatic carbocycles. The van der Waals surface area contributed by atoms with Gasteiger partial charge in [0, 0.05) is 19.8 Å². The zero-order valence-corrected chi connectivity index (χ0v) is 12.0. The lowest BCUT2D eigenvalue weighted by Crippen LogP contribution is -2.44. The summed E-state index contributed by atoms with van der Waals surface area (Å²) in [6.45, 7) is 1.63. The summed E-state index contributed by atoms with van der Waals surface area (Å²) in [6.07, 6.45) is 1.77. The minimum absolute atomic E-state index is 0.0242. The van der Waals surface area contributed by atoms with Crippen LogP contribution < -0.4 is 5.32 Å². The first-order valence-electron chi connectivity index (χ1n) is 6.63. The van der Waals surface area contributed by atoms with Gasteiger partial charge < -0.3 is 15.0 Å². The summed E-state index contributed by atoms with van der Waals surface area (Å²) < 4.78 is 1.69. The summed E-state index contributed by atoms with van der Waals surface area (Å²) in [6, 6.07) is 12.4. The third-order valence-electron chi connectivity index (χ3n) is 3.66. The fourth-order valence-corrected chi connectivity index (χ4v) is 2.15. The van der Waals surface area contributed by atoms with Crippen molar-refractivity contribution in [3.63, 3.8) is 0 Å². The Morgan fingerprint density at radius 2 is 1.86 bits per heavy atom. The molecule has 1 heterocycles. The molecule has 110 valence electrons. The Morgan fingerprint density at radius 1 is 1.19 bits per heavy atom. The highest BCUT2D eigenvalue weighted by molar-refractivity contribution is 5.93. The highest BCUT2D eigenvalue weighted by Gasteiger charge is 2.35. The first-order chi connectivity index (χ1) is 9.95. The number of aliphatic carboxylic acids is 1. The minimum atomic E-state index is -1.16. The largest absolute Gasteiger partial charge is 0.481 e. The molecule has 0 bridgehead atoms. The lowest BCUT2D eigenvalue weighted by Gasteiger charge is -2.25. The molecule has 0 saturated heterocycles. The Morgan fingerprint density at radius 3 is 2.38 bits per heavy atom. The molecule has 0 aliphatic heterocycles. The summed E-state index contributed by atoms with van der Waals surface area (Å²) in [5.41, 5.74) is -0.0114. The van der Waals surface area contributed by atoms with Crippen molar-refractivity contribution in [1.29, 1.82) is 0 Å². The van der Waals surface area contributed by atoms with Crippen LogP contribution in [0.5, 0.6) is 0 Å². The molecule has 0 saturated carbocycles. The molecule has 0 aliphatic rings. The quantitative estimate of drug-likeness (QED) is 0.880. The van der Waals surface area contributed by atoms with E-state index in [1.54, 1.807) is 61.1 Å². The number of nitrogens with one attached hydrogen (secondary N) is 1. The standard InChI is InChI=1S/C16H18N2O3/c1-16(15(20)21,12-7-4-3-5-8-12)11-17-14(19)13-9-6-10-18(13)2/h3-10H,11H2,1-2H3,(H,17,19)(H,20,21). The maximum absolute atomic E-state index is 12.1. The summed E-state index contributed by atoms with van der Waals surface area (Å²) in [5, 5.41) is 12.2. The van der Waals surface area contributed by atoms with E-state index in [4.69, 9.17) is 0 Å². The van der Waals surface area contributed by atoms with Gasteiger partial charge in [-0.3, -0.25) is 9.59 Å². The van der Waals surface area contributed by atoms with E-state index in [9.17, 15) is 14.7 Å². The Kier molecular flexibility index (Phi) is 4.12. The average Bonchev–Trinajstić information content (AvgIpc) is 2.91. The number of aromatic nitrogens is 1. The molecule has 5 heteroatoms. The molecule has 1 atom stereocenters. The number of carbonyl (C=O) groups is 2. The number of aryl methyl sites for hydroxylation is 1. The predicted octanol–water partition coefficient (Wildman–Crippen LogP) is 1.80. The number of benzene rings is 1. The second-order valence-corrected chi connectivity index (χ2v) is 5.19. The Balaban J connectivity index is 2.17. The van der Waals surface area contributed by atoms with Crippen LogP contribution in [0.15, 0.2) is 48.7 Å². The SMILES string of the molecule is Cn1cccc1C(=O)NCC(C)(C(=O)O)c1ccccc1. The zero-order chi connectivity index (χ0) is 15.5. The van der Waals surface area contributed by atoms with Crippen LogP contribution in [0.2, 0.25) is 0 Å². The number of carbonyl (C=O) groups excluding carboxylic acids is 1. The van der Waals surface area contributed by atoms with Crippen molar-refractivity contribution in [3.05, 3.63) is 59.9 Å². The first-order valence-corrected chi connectivity index (χ1v) is 6.63. The van der Waals surface area contributed by atoms with Gasteiger partial charge in [-0.2, -0.15) is 0 Å². The number of carboxylic acid groups (broad SMARTS) is 1. The molecule has 0 fully saturated rings. The van der Waals surface area contributed by atoms with E-state index >= 15 is 0 Å². The summed E-state index contributed by atoms with van der Waals surface area (Å²) in [7, 11) is 1.77. The number of hydrogen-bond acceptors (Lipinski definition) is 2. The van der Waals surface area contributed by atoms with E-state index in [0.29, 0.717) is 11.3 Å². The molecule has 1 amide bonds. The van der Waals surface area contributed by atoms with E-state index in [1.165, 1.54) is 0 Å². The van der Waals surface area contributed by atoms with Crippen LogP contribution in [0, 0.1) is 0 Å². The summed E-state index contributed by atoms with van der Waals surface area (Å²) in [4.78, 5) is 23.7. The van der Waals surface area contributed by atoms with Crippen molar-refractivity contribution in [2.45, 2.75) is 12.3 Å². The van der Waals surface area contributed by atoms with E-state index in [-0.39, 0.29) is 12.5 Å².